The van der Waals surface area contributed by atoms with Gasteiger partial charge >= 0.3 is 0 Å². The smallest absolute Gasteiger partial charge is 0.232 e. The van der Waals surface area contributed by atoms with Gasteiger partial charge in [-0.2, -0.15) is 0 Å². The number of hydrogen-bond donors (Lipinski definition) is 1. The maximum Gasteiger partial charge on any atom is 0.232 e. The lowest BCUT2D eigenvalue weighted by Crippen LogP contribution is -2.40. The summed E-state index contributed by atoms with van der Waals surface area (Å²) in [7, 11) is 0. The largest absolute Gasteiger partial charge is 0.356 e. The molecular formula is C18H26N2O2. The van der Waals surface area contributed by atoms with E-state index in [9.17, 15) is 9.59 Å². The monoisotopic (exact) mass is 302 g/mol. The van der Waals surface area contributed by atoms with Crippen molar-refractivity contribution < 1.29 is 9.59 Å². The highest BCUT2D eigenvalue weighted by atomic mass is 16.2. The second-order valence-corrected chi connectivity index (χ2v) is 6.18. The van der Waals surface area contributed by atoms with Gasteiger partial charge in [0.1, 0.15) is 6.42 Å². The fourth-order valence-electron chi connectivity index (χ4n) is 2.73. The zero-order valence-electron chi connectivity index (χ0n) is 13.4. The van der Waals surface area contributed by atoms with Crippen LogP contribution >= 0.6 is 0 Å². The van der Waals surface area contributed by atoms with Gasteiger partial charge in [-0.05, 0) is 37.2 Å². The summed E-state index contributed by atoms with van der Waals surface area (Å²) >= 11 is 0. The number of carbonyl (C=O) groups is 2. The van der Waals surface area contributed by atoms with Crippen molar-refractivity contribution in [1.29, 1.82) is 0 Å². The van der Waals surface area contributed by atoms with E-state index in [-0.39, 0.29) is 18.2 Å². The minimum Gasteiger partial charge on any atom is -0.356 e. The highest BCUT2D eigenvalue weighted by Crippen LogP contribution is 2.16. The SMILES string of the molecule is CC1CCN(C(=O)CC(=O)NCCCc2ccccc2)CC1. The third kappa shape index (κ3) is 5.51. The van der Waals surface area contributed by atoms with E-state index in [2.05, 4.69) is 24.4 Å². The summed E-state index contributed by atoms with van der Waals surface area (Å²) in [6, 6.07) is 10.2. The van der Waals surface area contributed by atoms with Crippen LogP contribution < -0.4 is 5.32 Å². The van der Waals surface area contributed by atoms with E-state index >= 15 is 0 Å². The standard InChI is InChI=1S/C18H26N2O2/c1-15-9-12-20(13-10-15)18(22)14-17(21)19-11-5-8-16-6-3-2-4-7-16/h2-4,6-7,15H,5,8-14H2,1H3,(H,19,21). The molecule has 1 aromatic rings. The average Bonchev–Trinajstić information content (AvgIpc) is 2.53. The molecular weight excluding hydrogens is 276 g/mol. The molecule has 1 heterocycles. The van der Waals surface area contributed by atoms with Crippen LogP contribution in [0.15, 0.2) is 30.3 Å². The minimum absolute atomic E-state index is 0.0142. The maximum atomic E-state index is 12.0. The first-order valence-electron chi connectivity index (χ1n) is 8.23. The van der Waals surface area contributed by atoms with Crippen molar-refractivity contribution in [2.24, 2.45) is 5.92 Å². The highest BCUT2D eigenvalue weighted by molar-refractivity contribution is 5.96. The van der Waals surface area contributed by atoms with Crippen molar-refractivity contribution in [2.75, 3.05) is 19.6 Å². The Kier molecular flexibility index (Phi) is 6.44. The summed E-state index contributed by atoms with van der Waals surface area (Å²) in [5, 5.41) is 2.85. The lowest BCUT2D eigenvalue weighted by Gasteiger charge is -2.30. The summed E-state index contributed by atoms with van der Waals surface area (Å²) in [5.74, 6) is 0.500. The number of rotatable bonds is 6. The van der Waals surface area contributed by atoms with Gasteiger partial charge in [-0.15, -0.1) is 0 Å². The van der Waals surface area contributed by atoms with Gasteiger partial charge in [-0.25, -0.2) is 0 Å². The molecule has 0 aliphatic carbocycles. The normalized spacial score (nSPS) is 15.6. The molecule has 1 aliphatic heterocycles. The minimum atomic E-state index is -0.156. The third-order valence-corrected chi connectivity index (χ3v) is 4.26. The van der Waals surface area contributed by atoms with Gasteiger partial charge in [0.05, 0.1) is 0 Å². The number of nitrogens with one attached hydrogen (secondary N) is 1. The summed E-state index contributed by atoms with van der Waals surface area (Å²) in [5.41, 5.74) is 1.27. The Morgan fingerprint density at radius 3 is 2.55 bits per heavy atom. The molecule has 2 amide bonds. The molecule has 0 radical (unpaired) electrons. The van der Waals surface area contributed by atoms with Crippen LogP contribution in [-0.4, -0.2) is 36.3 Å². The van der Waals surface area contributed by atoms with Gasteiger partial charge < -0.3 is 10.2 Å². The van der Waals surface area contributed by atoms with E-state index in [1.807, 2.05) is 23.1 Å². The molecule has 0 saturated carbocycles. The Labute approximate surface area is 132 Å². The number of carbonyl (C=O) groups excluding carboxylic acids is 2. The predicted molar refractivity (Wildman–Crippen MR) is 87.4 cm³/mol. The van der Waals surface area contributed by atoms with Crippen LogP contribution in [0.25, 0.3) is 0 Å². The van der Waals surface area contributed by atoms with Gasteiger partial charge in [-0.3, -0.25) is 9.59 Å². The van der Waals surface area contributed by atoms with Crippen molar-refractivity contribution in [3.63, 3.8) is 0 Å². The first-order chi connectivity index (χ1) is 10.6. The Morgan fingerprint density at radius 1 is 1.18 bits per heavy atom. The Morgan fingerprint density at radius 2 is 1.86 bits per heavy atom. The van der Waals surface area contributed by atoms with Crippen LogP contribution in [0.4, 0.5) is 0 Å². The molecule has 0 spiro atoms. The zero-order valence-corrected chi connectivity index (χ0v) is 13.4. The van der Waals surface area contributed by atoms with Gasteiger partial charge in [0.25, 0.3) is 0 Å². The van der Waals surface area contributed by atoms with Crippen molar-refractivity contribution in [1.82, 2.24) is 10.2 Å². The molecule has 2 rings (SSSR count). The summed E-state index contributed by atoms with van der Waals surface area (Å²) in [4.78, 5) is 25.7. The highest BCUT2D eigenvalue weighted by Gasteiger charge is 2.21. The molecule has 1 fully saturated rings. The van der Waals surface area contributed by atoms with Gasteiger partial charge in [0.15, 0.2) is 0 Å². The van der Waals surface area contributed by atoms with E-state index in [1.165, 1.54) is 5.56 Å². The molecule has 22 heavy (non-hydrogen) atoms. The Bertz CT molecular complexity index is 479. The van der Waals surface area contributed by atoms with Gasteiger partial charge in [-0.1, -0.05) is 37.3 Å². The molecule has 1 N–H and O–H groups in total. The van der Waals surface area contributed by atoms with Gasteiger partial charge in [0, 0.05) is 19.6 Å². The molecule has 0 unspecified atom stereocenters. The van der Waals surface area contributed by atoms with E-state index < -0.39 is 0 Å². The molecule has 0 bridgehead atoms. The molecule has 0 aromatic heterocycles. The Hall–Kier alpha value is -1.84. The van der Waals surface area contributed by atoms with E-state index in [4.69, 9.17) is 0 Å². The average molecular weight is 302 g/mol. The number of aryl methyl sites for hydroxylation is 1. The first-order valence-corrected chi connectivity index (χ1v) is 8.23. The number of piperidine rings is 1. The van der Waals surface area contributed by atoms with Crippen LogP contribution in [0.1, 0.15) is 38.2 Å². The quantitative estimate of drug-likeness (QED) is 0.648. The van der Waals surface area contributed by atoms with Crippen LogP contribution in [0.2, 0.25) is 0 Å². The molecule has 0 atom stereocenters. The molecule has 4 nitrogen and oxygen atoms in total. The van der Waals surface area contributed by atoms with Crippen molar-refractivity contribution in [3.8, 4) is 0 Å². The fourth-order valence-corrected chi connectivity index (χ4v) is 2.73. The van der Waals surface area contributed by atoms with Crippen molar-refractivity contribution in [3.05, 3.63) is 35.9 Å². The predicted octanol–water partition coefficient (Wildman–Crippen LogP) is 2.38. The number of hydrogen-bond acceptors (Lipinski definition) is 2. The molecule has 1 aromatic carbocycles. The van der Waals surface area contributed by atoms with E-state index in [1.54, 1.807) is 0 Å². The maximum absolute atomic E-state index is 12.0. The van der Waals surface area contributed by atoms with Crippen LogP contribution in [0, 0.1) is 5.92 Å². The molecule has 4 heteroatoms. The lowest BCUT2D eigenvalue weighted by molar-refractivity contribution is -0.137. The van der Waals surface area contributed by atoms with Crippen molar-refractivity contribution in [2.45, 2.75) is 39.0 Å². The lowest BCUT2D eigenvalue weighted by atomic mass is 9.99. The van der Waals surface area contributed by atoms with Gasteiger partial charge in [0.2, 0.25) is 11.8 Å². The van der Waals surface area contributed by atoms with E-state index in [0.717, 1.165) is 38.8 Å². The number of likely N-dealkylation sites (tertiary alicyclic amines) is 1. The molecule has 1 aliphatic rings. The number of nitrogens with zero attached hydrogens (tertiary/aromatic N) is 1. The fraction of sp³-hybridized carbons (Fsp3) is 0.556. The van der Waals surface area contributed by atoms with Crippen LogP contribution in [-0.2, 0) is 16.0 Å². The summed E-state index contributed by atoms with van der Waals surface area (Å²) in [6.07, 6.45) is 3.92. The number of amides is 2. The van der Waals surface area contributed by atoms with Crippen LogP contribution in [0.5, 0.6) is 0 Å². The zero-order chi connectivity index (χ0) is 15.8. The second-order valence-electron chi connectivity index (χ2n) is 6.18. The first kappa shape index (κ1) is 16.5. The molecule has 120 valence electrons. The van der Waals surface area contributed by atoms with E-state index in [0.29, 0.717) is 12.5 Å². The van der Waals surface area contributed by atoms with Crippen molar-refractivity contribution >= 4 is 11.8 Å². The third-order valence-electron chi connectivity index (χ3n) is 4.26. The summed E-state index contributed by atoms with van der Waals surface area (Å²) < 4.78 is 0. The van der Waals surface area contributed by atoms with Crippen LogP contribution in [0.3, 0.4) is 0 Å². The molecule has 1 saturated heterocycles. The topological polar surface area (TPSA) is 49.4 Å². The number of benzene rings is 1. The second kappa shape index (κ2) is 8.57. The summed E-state index contributed by atoms with van der Waals surface area (Å²) in [6.45, 7) is 4.42. The Balaban J connectivity index is 1.60.